The van der Waals surface area contributed by atoms with Gasteiger partial charge in [0.15, 0.2) is 0 Å². The van der Waals surface area contributed by atoms with Crippen LogP contribution in [0.1, 0.15) is 10.4 Å². The minimum Gasteiger partial charge on any atom is -0.465 e. The molecule has 0 fully saturated rings. The van der Waals surface area contributed by atoms with E-state index in [1.54, 1.807) is 12.1 Å². The van der Waals surface area contributed by atoms with Crippen LogP contribution in [0.2, 0.25) is 5.02 Å². The number of carbonyl (C=O) groups is 1. The molecule has 4 aromatic rings. The summed E-state index contributed by atoms with van der Waals surface area (Å²) in [7, 11) is 1.36. The first-order chi connectivity index (χ1) is 13.1. The number of fused-ring (bicyclic) bond motifs is 1. The third kappa shape index (κ3) is 3.47. The minimum absolute atomic E-state index is 0.364. The van der Waals surface area contributed by atoms with Crippen molar-refractivity contribution in [2.45, 2.75) is 0 Å². The number of aromatic amines is 1. The van der Waals surface area contributed by atoms with E-state index in [1.807, 2.05) is 42.5 Å². The third-order valence-corrected chi connectivity index (χ3v) is 4.37. The van der Waals surface area contributed by atoms with Gasteiger partial charge in [0.05, 0.1) is 18.1 Å². The Kier molecular flexibility index (Phi) is 4.48. The maximum absolute atomic E-state index is 11.6. The van der Waals surface area contributed by atoms with Crippen LogP contribution in [0.25, 0.3) is 22.3 Å². The first kappa shape index (κ1) is 17.1. The van der Waals surface area contributed by atoms with Gasteiger partial charge in [-0.05, 0) is 42.0 Å². The largest absolute Gasteiger partial charge is 0.465 e. The molecule has 0 saturated heterocycles. The minimum atomic E-state index is -0.364. The maximum Gasteiger partial charge on any atom is 0.337 e. The van der Waals surface area contributed by atoms with E-state index in [0.29, 0.717) is 22.1 Å². The van der Waals surface area contributed by atoms with Crippen molar-refractivity contribution in [3.8, 4) is 11.3 Å². The second kappa shape index (κ2) is 7.09. The molecule has 0 spiro atoms. The van der Waals surface area contributed by atoms with Crippen LogP contribution in [0.3, 0.4) is 0 Å². The first-order valence-corrected chi connectivity index (χ1v) is 8.57. The van der Waals surface area contributed by atoms with Gasteiger partial charge in [-0.25, -0.2) is 14.8 Å². The van der Waals surface area contributed by atoms with Gasteiger partial charge >= 0.3 is 5.97 Å². The summed E-state index contributed by atoms with van der Waals surface area (Å²) in [4.78, 5) is 23.5. The highest BCUT2D eigenvalue weighted by atomic mass is 35.5. The zero-order valence-electron chi connectivity index (χ0n) is 14.4. The first-order valence-electron chi connectivity index (χ1n) is 8.19. The van der Waals surface area contributed by atoms with Crippen LogP contribution in [0.5, 0.6) is 0 Å². The molecular weight excluding hydrogens is 364 g/mol. The molecule has 7 heteroatoms. The smallest absolute Gasteiger partial charge is 0.337 e. The summed E-state index contributed by atoms with van der Waals surface area (Å²) in [6, 6.07) is 16.6. The summed E-state index contributed by atoms with van der Waals surface area (Å²) in [6.45, 7) is 0. The summed E-state index contributed by atoms with van der Waals surface area (Å²) in [6.07, 6.45) is 1.50. The number of esters is 1. The molecule has 0 aliphatic rings. The highest BCUT2D eigenvalue weighted by molar-refractivity contribution is 6.30. The zero-order chi connectivity index (χ0) is 18.8. The SMILES string of the molecule is COC(=O)c1ccc(-c2cc3c(Nc4cccc(Cl)c4)ncnc3[nH]2)cc1. The molecule has 0 amide bonds. The van der Waals surface area contributed by atoms with Crippen LogP contribution >= 0.6 is 11.6 Å². The number of carbonyl (C=O) groups excluding carboxylic acids is 1. The van der Waals surface area contributed by atoms with Gasteiger partial charge in [0, 0.05) is 16.4 Å². The molecule has 4 rings (SSSR count). The van der Waals surface area contributed by atoms with Gasteiger partial charge in [-0.2, -0.15) is 0 Å². The quantitative estimate of drug-likeness (QED) is 0.498. The van der Waals surface area contributed by atoms with Crippen molar-refractivity contribution in [1.82, 2.24) is 15.0 Å². The second-order valence-electron chi connectivity index (χ2n) is 5.87. The Hall–Kier alpha value is -3.38. The normalized spacial score (nSPS) is 10.7. The summed E-state index contributed by atoms with van der Waals surface area (Å²) in [5.74, 6) is 0.313. The van der Waals surface area contributed by atoms with Crippen molar-refractivity contribution in [3.63, 3.8) is 0 Å². The monoisotopic (exact) mass is 378 g/mol. The lowest BCUT2D eigenvalue weighted by Crippen LogP contribution is -2.00. The molecule has 0 saturated carbocycles. The molecule has 2 aromatic carbocycles. The number of methoxy groups -OCH3 is 1. The van der Waals surface area contributed by atoms with Gasteiger partial charge in [0.2, 0.25) is 0 Å². The Bertz CT molecular complexity index is 1120. The number of ether oxygens (including phenoxy) is 1. The highest BCUT2D eigenvalue weighted by Crippen LogP contribution is 2.29. The van der Waals surface area contributed by atoms with Crippen molar-refractivity contribution in [2.75, 3.05) is 12.4 Å². The topological polar surface area (TPSA) is 79.9 Å². The van der Waals surface area contributed by atoms with E-state index in [2.05, 4.69) is 20.3 Å². The van der Waals surface area contributed by atoms with Gasteiger partial charge < -0.3 is 15.0 Å². The second-order valence-corrected chi connectivity index (χ2v) is 6.31. The van der Waals surface area contributed by atoms with Crippen molar-refractivity contribution < 1.29 is 9.53 Å². The molecular formula is C20H15ClN4O2. The van der Waals surface area contributed by atoms with Crippen molar-refractivity contribution in [2.24, 2.45) is 0 Å². The molecule has 2 heterocycles. The molecule has 2 N–H and O–H groups in total. The zero-order valence-corrected chi connectivity index (χ0v) is 15.1. The number of halogens is 1. The summed E-state index contributed by atoms with van der Waals surface area (Å²) < 4.78 is 4.73. The standard InChI is InChI=1S/C20H15ClN4O2/c1-27-20(26)13-7-5-12(6-8-13)17-10-16-18(22-11-23-19(16)25-17)24-15-4-2-3-14(21)9-15/h2-11H,1H3,(H2,22,23,24,25). The number of benzene rings is 2. The molecule has 0 aliphatic carbocycles. The Balaban J connectivity index is 1.69. The van der Waals surface area contributed by atoms with Gasteiger partial charge in [0.25, 0.3) is 0 Å². The molecule has 6 nitrogen and oxygen atoms in total. The molecule has 0 unspecified atom stereocenters. The number of anilines is 2. The van der Waals surface area contributed by atoms with Gasteiger partial charge in [0.1, 0.15) is 17.8 Å². The van der Waals surface area contributed by atoms with Crippen LogP contribution in [-0.4, -0.2) is 28.0 Å². The Labute approximate surface area is 160 Å². The lowest BCUT2D eigenvalue weighted by atomic mass is 10.1. The fraction of sp³-hybridized carbons (Fsp3) is 0.0500. The molecule has 0 bridgehead atoms. The van der Waals surface area contributed by atoms with Crippen LogP contribution in [0.4, 0.5) is 11.5 Å². The maximum atomic E-state index is 11.6. The highest BCUT2D eigenvalue weighted by Gasteiger charge is 2.11. The van der Waals surface area contributed by atoms with E-state index >= 15 is 0 Å². The van der Waals surface area contributed by atoms with E-state index < -0.39 is 0 Å². The predicted molar refractivity (Wildman–Crippen MR) is 105 cm³/mol. The number of nitrogens with zero attached hydrogens (tertiary/aromatic N) is 2. The number of aromatic nitrogens is 3. The number of hydrogen-bond donors (Lipinski definition) is 2. The van der Waals surface area contributed by atoms with E-state index in [1.165, 1.54) is 13.4 Å². The van der Waals surface area contributed by atoms with Gasteiger partial charge in [-0.1, -0.05) is 29.8 Å². The van der Waals surface area contributed by atoms with Crippen molar-refractivity contribution in [1.29, 1.82) is 0 Å². The molecule has 134 valence electrons. The lowest BCUT2D eigenvalue weighted by molar-refractivity contribution is 0.0601. The number of hydrogen-bond acceptors (Lipinski definition) is 5. The van der Waals surface area contributed by atoms with Crippen molar-refractivity contribution >= 4 is 40.1 Å². The summed E-state index contributed by atoms with van der Waals surface area (Å²) >= 11 is 6.05. The van der Waals surface area contributed by atoms with E-state index in [0.717, 1.165) is 22.3 Å². The molecule has 0 radical (unpaired) electrons. The van der Waals surface area contributed by atoms with E-state index in [-0.39, 0.29) is 5.97 Å². The van der Waals surface area contributed by atoms with Crippen LogP contribution in [-0.2, 0) is 4.74 Å². The summed E-state index contributed by atoms with van der Waals surface area (Å²) in [5, 5.41) is 4.76. The predicted octanol–water partition coefficient (Wildman–Crippen LogP) is 4.81. The third-order valence-electron chi connectivity index (χ3n) is 4.13. The Morgan fingerprint density at radius 2 is 1.93 bits per heavy atom. The van der Waals surface area contributed by atoms with Crippen LogP contribution in [0, 0.1) is 0 Å². The van der Waals surface area contributed by atoms with Crippen LogP contribution in [0.15, 0.2) is 60.9 Å². The van der Waals surface area contributed by atoms with E-state index in [4.69, 9.17) is 16.3 Å². The average Bonchev–Trinajstić information content (AvgIpc) is 3.13. The van der Waals surface area contributed by atoms with E-state index in [9.17, 15) is 4.79 Å². The fourth-order valence-electron chi connectivity index (χ4n) is 2.80. The number of nitrogens with one attached hydrogen (secondary N) is 2. The van der Waals surface area contributed by atoms with Crippen molar-refractivity contribution in [3.05, 3.63) is 71.5 Å². The fourth-order valence-corrected chi connectivity index (χ4v) is 2.99. The van der Waals surface area contributed by atoms with Gasteiger partial charge in [-0.15, -0.1) is 0 Å². The summed E-state index contributed by atoms with van der Waals surface area (Å²) in [5.41, 5.74) is 3.85. The lowest BCUT2D eigenvalue weighted by Gasteiger charge is -2.06. The van der Waals surface area contributed by atoms with Gasteiger partial charge in [-0.3, -0.25) is 0 Å². The van der Waals surface area contributed by atoms with Crippen LogP contribution < -0.4 is 5.32 Å². The Morgan fingerprint density at radius 3 is 2.67 bits per heavy atom. The Morgan fingerprint density at radius 1 is 1.11 bits per heavy atom. The molecule has 0 atom stereocenters. The number of H-pyrrole nitrogens is 1. The molecule has 2 aromatic heterocycles. The number of rotatable bonds is 4. The molecule has 27 heavy (non-hydrogen) atoms. The molecule has 0 aliphatic heterocycles. The average molecular weight is 379 g/mol.